The third-order valence-corrected chi connectivity index (χ3v) is 4.58. The van der Waals surface area contributed by atoms with Gasteiger partial charge in [0.15, 0.2) is 11.5 Å². The van der Waals surface area contributed by atoms with Gasteiger partial charge in [0.1, 0.15) is 0 Å². The van der Waals surface area contributed by atoms with Gasteiger partial charge < -0.3 is 9.42 Å². The van der Waals surface area contributed by atoms with E-state index in [9.17, 15) is 4.79 Å². The number of hydrogen-bond donors (Lipinski definition) is 0. The normalized spacial score (nSPS) is 17.0. The van der Waals surface area contributed by atoms with Crippen LogP contribution in [0.25, 0.3) is 11.3 Å². The zero-order valence-electron chi connectivity index (χ0n) is 13.8. The molecule has 1 unspecified atom stereocenters. The number of hydrogen-bond acceptors (Lipinski definition) is 4. The van der Waals surface area contributed by atoms with Crippen LogP contribution in [0.2, 0.25) is 0 Å². The molecule has 0 saturated carbocycles. The molecular weight excluding hydrogens is 314 g/mol. The van der Waals surface area contributed by atoms with Gasteiger partial charge in [-0.3, -0.25) is 9.78 Å². The van der Waals surface area contributed by atoms with Crippen LogP contribution in [-0.4, -0.2) is 34.0 Å². The van der Waals surface area contributed by atoms with Crippen molar-refractivity contribution in [2.45, 2.75) is 12.8 Å². The molecule has 1 aliphatic rings. The molecule has 1 fully saturated rings. The van der Waals surface area contributed by atoms with E-state index in [1.807, 2.05) is 59.6 Å². The summed E-state index contributed by atoms with van der Waals surface area (Å²) < 4.78 is 5.35. The summed E-state index contributed by atoms with van der Waals surface area (Å²) in [6.45, 7) is 1.49. The smallest absolute Gasteiger partial charge is 0.276 e. The number of rotatable bonds is 4. The molecule has 1 atom stereocenters. The lowest BCUT2D eigenvalue weighted by Crippen LogP contribution is -2.29. The second-order valence-corrected chi connectivity index (χ2v) is 6.37. The summed E-state index contributed by atoms with van der Waals surface area (Å²) in [4.78, 5) is 18.9. The van der Waals surface area contributed by atoms with E-state index in [1.165, 1.54) is 0 Å². The SMILES string of the molecule is O=C(c1cc(-c2ccccc2)on1)N1CCC(Cc2ccccn2)C1. The molecule has 4 rings (SSSR count). The van der Waals surface area contributed by atoms with Crippen LogP contribution in [0.1, 0.15) is 22.6 Å². The number of aromatic nitrogens is 2. The van der Waals surface area contributed by atoms with E-state index in [0.29, 0.717) is 17.4 Å². The van der Waals surface area contributed by atoms with Gasteiger partial charge in [0.2, 0.25) is 0 Å². The van der Waals surface area contributed by atoms with Crippen LogP contribution in [0.4, 0.5) is 0 Å². The molecule has 0 bridgehead atoms. The van der Waals surface area contributed by atoms with Gasteiger partial charge in [0, 0.05) is 36.6 Å². The monoisotopic (exact) mass is 333 g/mol. The van der Waals surface area contributed by atoms with Gasteiger partial charge in [0.25, 0.3) is 5.91 Å². The largest absolute Gasteiger partial charge is 0.355 e. The summed E-state index contributed by atoms with van der Waals surface area (Å²) >= 11 is 0. The van der Waals surface area contributed by atoms with E-state index in [2.05, 4.69) is 10.1 Å². The van der Waals surface area contributed by atoms with E-state index in [4.69, 9.17) is 4.52 Å². The van der Waals surface area contributed by atoms with Gasteiger partial charge in [0.05, 0.1) is 0 Å². The van der Waals surface area contributed by atoms with Crippen molar-refractivity contribution in [3.05, 3.63) is 72.2 Å². The maximum atomic E-state index is 12.7. The molecule has 0 N–H and O–H groups in total. The molecule has 1 amide bonds. The lowest BCUT2D eigenvalue weighted by atomic mass is 10.0. The van der Waals surface area contributed by atoms with Crippen molar-refractivity contribution in [1.82, 2.24) is 15.0 Å². The zero-order chi connectivity index (χ0) is 17.1. The van der Waals surface area contributed by atoms with Crippen LogP contribution < -0.4 is 0 Å². The lowest BCUT2D eigenvalue weighted by molar-refractivity contribution is 0.0777. The van der Waals surface area contributed by atoms with Crippen LogP contribution >= 0.6 is 0 Å². The Labute approximate surface area is 146 Å². The average Bonchev–Trinajstić information content (AvgIpc) is 3.33. The van der Waals surface area contributed by atoms with Gasteiger partial charge in [-0.1, -0.05) is 41.6 Å². The first-order valence-electron chi connectivity index (χ1n) is 8.51. The Kier molecular flexibility index (Phi) is 4.29. The number of carbonyl (C=O) groups is 1. The van der Waals surface area contributed by atoms with E-state index in [0.717, 1.165) is 37.2 Å². The Morgan fingerprint density at radius 1 is 1.16 bits per heavy atom. The first-order chi connectivity index (χ1) is 12.3. The second kappa shape index (κ2) is 6.89. The molecule has 0 aliphatic carbocycles. The van der Waals surface area contributed by atoms with Crippen LogP contribution in [0.3, 0.4) is 0 Å². The second-order valence-electron chi connectivity index (χ2n) is 6.37. The Bertz CT molecular complexity index is 846. The van der Waals surface area contributed by atoms with E-state index in [1.54, 1.807) is 6.07 Å². The van der Waals surface area contributed by atoms with E-state index < -0.39 is 0 Å². The lowest BCUT2D eigenvalue weighted by Gasteiger charge is -2.14. The highest BCUT2D eigenvalue weighted by Crippen LogP contribution is 2.24. The summed E-state index contributed by atoms with van der Waals surface area (Å²) in [6, 6.07) is 17.4. The van der Waals surface area contributed by atoms with Gasteiger partial charge >= 0.3 is 0 Å². The quantitative estimate of drug-likeness (QED) is 0.734. The fraction of sp³-hybridized carbons (Fsp3) is 0.250. The number of likely N-dealkylation sites (tertiary alicyclic amines) is 1. The maximum Gasteiger partial charge on any atom is 0.276 e. The summed E-state index contributed by atoms with van der Waals surface area (Å²) in [5.74, 6) is 1.00. The minimum atomic E-state index is -0.0607. The first kappa shape index (κ1) is 15.6. The Hall–Kier alpha value is -2.95. The molecule has 3 heterocycles. The molecule has 0 spiro atoms. The predicted octanol–water partition coefficient (Wildman–Crippen LogP) is 3.44. The van der Waals surface area contributed by atoms with Crippen LogP contribution in [0.15, 0.2) is 65.3 Å². The first-order valence-corrected chi connectivity index (χ1v) is 8.51. The summed E-state index contributed by atoms with van der Waals surface area (Å²) in [5, 5.41) is 3.97. The molecule has 1 aromatic carbocycles. The molecule has 5 heteroatoms. The Morgan fingerprint density at radius 2 is 2.00 bits per heavy atom. The zero-order valence-corrected chi connectivity index (χ0v) is 13.8. The maximum absolute atomic E-state index is 12.7. The van der Waals surface area contributed by atoms with Gasteiger partial charge in [-0.25, -0.2) is 0 Å². The minimum Gasteiger partial charge on any atom is -0.355 e. The van der Waals surface area contributed by atoms with Crippen molar-refractivity contribution < 1.29 is 9.32 Å². The number of benzene rings is 1. The Balaban J connectivity index is 1.41. The third kappa shape index (κ3) is 3.45. The number of carbonyl (C=O) groups excluding carboxylic acids is 1. The molecule has 1 saturated heterocycles. The van der Waals surface area contributed by atoms with E-state index in [-0.39, 0.29) is 5.91 Å². The number of nitrogens with zero attached hydrogens (tertiary/aromatic N) is 3. The topological polar surface area (TPSA) is 59.2 Å². The van der Waals surface area contributed by atoms with Crippen molar-refractivity contribution in [1.29, 1.82) is 0 Å². The number of pyridine rings is 1. The molecule has 126 valence electrons. The molecule has 3 aromatic rings. The van der Waals surface area contributed by atoms with Crippen molar-refractivity contribution >= 4 is 5.91 Å². The van der Waals surface area contributed by atoms with Crippen LogP contribution in [-0.2, 0) is 6.42 Å². The van der Waals surface area contributed by atoms with Crippen LogP contribution in [0, 0.1) is 5.92 Å². The molecule has 25 heavy (non-hydrogen) atoms. The van der Waals surface area contributed by atoms with Gasteiger partial charge in [-0.05, 0) is 30.9 Å². The fourth-order valence-corrected chi connectivity index (χ4v) is 3.27. The molecule has 2 aromatic heterocycles. The Morgan fingerprint density at radius 3 is 2.80 bits per heavy atom. The average molecular weight is 333 g/mol. The summed E-state index contributed by atoms with van der Waals surface area (Å²) in [5.41, 5.74) is 2.37. The van der Waals surface area contributed by atoms with Crippen molar-refractivity contribution in [2.75, 3.05) is 13.1 Å². The summed E-state index contributed by atoms with van der Waals surface area (Å²) in [6.07, 6.45) is 3.71. The standard InChI is InChI=1S/C20H19N3O2/c24-20(18-13-19(25-22-18)16-6-2-1-3-7-16)23-11-9-15(14-23)12-17-8-4-5-10-21-17/h1-8,10,13,15H,9,11-12,14H2. The molecule has 1 aliphatic heterocycles. The van der Waals surface area contributed by atoms with Gasteiger partial charge in [-0.15, -0.1) is 0 Å². The highest BCUT2D eigenvalue weighted by Gasteiger charge is 2.29. The van der Waals surface area contributed by atoms with Crippen molar-refractivity contribution in [3.8, 4) is 11.3 Å². The van der Waals surface area contributed by atoms with Crippen LogP contribution in [0.5, 0.6) is 0 Å². The van der Waals surface area contributed by atoms with E-state index >= 15 is 0 Å². The highest BCUT2D eigenvalue weighted by molar-refractivity contribution is 5.93. The molecule has 5 nitrogen and oxygen atoms in total. The third-order valence-electron chi connectivity index (χ3n) is 4.58. The predicted molar refractivity (Wildman–Crippen MR) is 93.9 cm³/mol. The highest BCUT2D eigenvalue weighted by atomic mass is 16.5. The molecular formula is C20H19N3O2. The minimum absolute atomic E-state index is 0.0607. The fourth-order valence-electron chi connectivity index (χ4n) is 3.27. The van der Waals surface area contributed by atoms with Crippen molar-refractivity contribution in [2.24, 2.45) is 5.92 Å². The molecule has 0 radical (unpaired) electrons. The summed E-state index contributed by atoms with van der Waals surface area (Å²) in [7, 11) is 0. The van der Waals surface area contributed by atoms with Gasteiger partial charge in [-0.2, -0.15) is 0 Å². The number of amides is 1. The van der Waals surface area contributed by atoms with Crippen molar-refractivity contribution in [3.63, 3.8) is 0 Å².